The Morgan fingerprint density at radius 3 is 2.80 bits per heavy atom. The number of Topliss-reactive ketones (excluding diaryl/α,β-unsaturated/α-hetero) is 1. The topological polar surface area (TPSA) is 68.3 Å². The molecule has 0 aliphatic rings. The Hall–Kier alpha value is -2.23. The Labute approximate surface area is 119 Å². The number of nitrogens with one attached hydrogen (secondary N) is 1. The van der Waals surface area contributed by atoms with Crippen LogP contribution in [0.2, 0.25) is 0 Å². The van der Waals surface area contributed by atoms with Crippen LogP contribution in [0.4, 0.5) is 11.4 Å². The first-order valence-electron chi connectivity index (χ1n) is 6.75. The van der Waals surface area contributed by atoms with Crippen molar-refractivity contribution < 1.29 is 9.21 Å². The summed E-state index contributed by atoms with van der Waals surface area (Å²) < 4.78 is 5.31. The lowest BCUT2D eigenvalue weighted by atomic mass is 10.1. The van der Waals surface area contributed by atoms with Crippen LogP contribution in [0, 0.1) is 0 Å². The van der Waals surface area contributed by atoms with Crippen LogP contribution < -0.4 is 11.1 Å². The Morgan fingerprint density at radius 2 is 2.20 bits per heavy atom. The molecule has 0 fully saturated rings. The minimum atomic E-state index is -0.0140. The highest BCUT2D eigenvalue weighted by Gasteiger charge is 2.08. The predicted octanol–water partition coefficient (Wildman–Crippen LogP) is 3.50. The number of ketones is 1. The van der Waals surface area contributed by atoms with Gasteiger partial charge in [0.15, 0.2) is 5.78 Å². The van der Waals surface area contributed by atoms with Crippen LogP contribution in [0.1, 0.15) is 36.4 Å². The number of anilines is 2. The molecular weight excluding hydrogens is 252 g/mol. The highest BCUT2D eigenvalue weighted by atomic mass is 16.3. The number of carbonyl (C=O) groups is 1. The number of aryl methyl sites for hydroxylation is 1. The maximum absolute atomic E-state index is 11.3. The number of carbonyl (C=O) groups excluding carboxylic acids is 1. The van der Waals surface area contributed by atoms with Crippen LogP contribution in [0.3, 0.4) is 0 Å². The summed E-state index contributed by atoms with van der Waals surface area (Å²) in [5.41, 5.74) is 7.89. The van der Waals surface area contributed by atoms with Crippen molar-refractivity contribution in [2.24, 2.45) is 0 Å². The molecule has 1 aromatic carbocycles. The lowest BCUT2D eigenvalue weighted by Crippen LogP contribution is -2.16. The molecule has 1 aromatic heterocycles. The van der Waals surface area contributed by atoms with E-state index in [1.54, 1.807) is 18.4 Å². The normalized spacial score (nSPS) is 12.1. The Balaban J connectivity index is 1.92. The van der Waals surface area contributed by atoms with Gasteiger partial charge in [0, 0.05) is 29.4 Å². The summed E-state index contributed by atoms with van der Waals surface area (Å²) in [6.07, 6.45) is 3.54. The third-order valence-corrected chi connectivity index (χ3v) is 3.25. The number of rotatable bonds is 6. The minimum Gasteiger partial charge on any atom is -0.469 e. The molecule has 0 spiro atoms. The molecule has 4 nitrogen and oxygen atoms in total. The maximum atomic E-state index is 11.3. The van der Waals surface area contributed by atoms with E-state index in [9.17, 15) is 4.79 Å². The van der Waals surface area contributed by atoms with Gasteiger partial charge in [0.2, 0.25) is 0 Å². The summed E-state index contributed by atoms with van der Waals surface area (Å²) in [5, 5.41) is 3.38. The molecule has 1 atom stereocenters. The highest BCUT2D eigenvalue weighted by Crippen LogP contribution is 2.20. The standard InChI is InChI=1S/C16H20N2O2/c1-11(5-7-14-4-3-9-20-14)18-13-6-8-15(12(2)19)16(17)10-13/h3-4,6,8-11,18H,5,7,17H2,1-2H3. The van der Waals surface area contributed by atoms with E-state index in [4.69, 9.17) is 10.2 Å². The van der Waals surface area contributed by atoms with Gasteiger partial charge < -0.3 is 15.5 Å². The summed E-state index contributed by atoms with van der Waals surface area (Å²) in [6.45, 7) is 3.63. The van der Waals surface area contributed by atoms with Crippen molar-refractivity contribution in [2.75, 3.05) is 11.1 Å². The second kappa shape index (κ2) is 6.28. The molecule has 106 valence electrons. The molecule has 0 saturated carbocycles. The molecule has 0 bridgehead atoms. The smallest absolute Gasteiger partial charge is 0.161 e. The average Bonchev–Trinajstić information content (AvgIpc) is 2.89. The third-order valence-electron chi connectivity index (χ3n) is 3.25. The van der Waals surface area contributed by atoms with Crippen molar-refractivity contribution in [3.8, 4) is 0 Å². The molecule has 0 radical (unpaired) electrons. The van der Waals surface area contributed by atoms with Crippen molar-refractivity contribution >= 4 is 17.2 Å². The first-order chi connectivity index (χ1) is 9.56. The van der Waals surface area contributed by atoms with Gasteiger partial charge in [-0.05, 0) is 50.6 Å². The molecule has 2 rings (SSSR count). The van der Waals surface area contributed by atoms with Gasteiger partial charge >= 0.3 is 0 Å². The Morgan fingerprint density at radius 1 is 1.40 bits per heavy atom. The summed E-state index contributed by atoms with van der Waals surface area (Å²) in [4.78, 5) is 11.3. The van der Waals surface area contributed by atoms with Crippen LogP contribution in [0.5, 0.6) is 0 Å². The van der Waals surface area contributed by atoms with Gasteiger partial charge in [0.05, 0.1) is 6.26 Å². The zero-order valence-corrected chi connectivity index (χ0v) is 11.8. The number of hydrogen-bond donors (Lipinski definition) is 2. The van der Waals surface area contributed by atoms with Crippen LogP contribution in [-0.4, -0.2) is 11.8 Å². The van der Waals surface area contributed by atoms with E-state index in [2.05, 4.69) is 12.2 Å². The van der Waals surface area contributed by atoms with E-state index in [-0.39, 0.29) is 5.78 Å². The maximum Gasteiger partial charge on any atom is 0.161 e. The van der Waals surface area contributed by atoms with Crippen molar-refractivity contribution in [1.82, 2.24) is 0 Å². The monoisotopic (exact) mass is 272 g/mol. The molecule has 2 aromatic rings. The van der Waals surface area contributed by atoms with Crippen LogP contribution in [0.25, 0.3) is 0 Å². The molecule has 0 aliphatic heterocycles. The largest absolute Gasteiger partial charge is 0.469 e. The molecule has 4 heteroatoms. The number of furan rings is 1. The van der Waals surface area contributed by atoms with E-state index in [1.807, 2.05) is 18.2 Å². The van der Waals surface area contributed by atoms with Crippen LogP contribution in [-0.2, 0) is 6.42 Å². The van der Waals surface area contributed by atoms with Gasteiger partial charge in [-0.25, -0.2) is 0 Å². The van der Waals surface area contributed by atoms with Crippen LogP contribution in [0.15, 0.2) is 41.0 Å². The predicted molar refractivity (Wildman–Crippen MR) is 81.0 cm³/mol. The Bertz CT molecular complexity index is 576. The van der Waals surface area contributed by atoms with Crippen molar-refractivity contribution in [3.05, 3.63) is 47.9 Å². The molecule has 3 N–H and O–H groups in total. The van der Waals surface area contributed by atoms with Crippen molar-refractivity contribution in [1.29, 1.82) is 0 Å². The lowest BCUT2D eigenvalue weighted by molar-refractivity contribution is 0.101. The summed E-state index contributed by atoms with van der Waals surface area (Å²) >= 11 is 0. The highest BCUT2D eigenvalue weighted by molar-refractivity contribution is 5.99. The fourth-order valence-electron chi connectivity index (χ4n) is 2.14. The molecular formula is C16H20N2O2. The summed E-state index contributed by atoms with van der Waals surface area (Å²) in [5.74, 6) is 0.977. The van der Waals surface area contributed by atoms with Gasteiger partial charge in [-0.2, -0.15) is 0 Å². The Kier molecular flexibility index (Phi) is 4.45. The first kappa shape index (κ1) is 14.2. The van der Waals surface area contributed by atoms with Gasteiger partial charge in [-0.3, -0.25) is 4.79 Å². The quantitative estimate of drug-likeness (QED) is 0.624. The minimum absolute atomic E-state index is 0.0140. The van der Waals surface area contributed by atoms with Gasteiger partial charge in [-0.15, -0.1) is 0 Å². The fraction of sp³-hybridized carbons (Fsp3) is 0.312. The zero-order chi connectivity index (χ0) is 14.5. The number of benzene rings is 1. The fourth-order valence-corrected chi connectivity index (χ4v) is 2.14. The van der Waals surface area contributed by atoms with Gasteiger partial charge in [-0.1, -0.05) is 0 Å². The van der Waals surface area contributed by atoms with E-state index in [0.29, 0.717) is 17.3 Å². The first-order valence-corrected chi connectivity index (χ1v) is 6.75. The molecule has 0 saturated heterocycles. The van der Waals surface area contributed by atoms with Crippen LogP contribution >= 0.6 is 0 Å². The molecule has 1 heterocycles. The number of nitrogens with two attached hydrogens (primary N) is 1. The van der Waals surface area contributed by atoms with Gasteiger partial charge in [0.1, 0.15) is 5.76 Å². The molecule has 0 aliphatic carbocycles. The SMILES string of the molecule is CC(=O)c1ccc(NC(C)CCc2ccco2)cc1N. The molecule has 1 unspecified atom stereocenters. The average molecular weight is 272 g/mol. The molecule has 20 heavy (non-hydrogen) atoms. The third kappa shape index (κ3) is 3.63. The van der Waals surface area contributed by atoms with E-state index in [1.165, 1.54) is 6.92 Å². The van der Waals surface area contributed by atoms with Crippen molar-refractivity contribution in [3.63, 3.8) is 0 Å². The lowest BCUT2D eigenvalue weighted by Gasteiger charge is -2.15. The zero-order valence-electron chi connectivity index (χ0n) is 11.8. The van der Waals surface area contributed by atoms with Gasteiger partial charge in [0.25, 0.3) is 0 Å². The second-order valence-electron chi connectivity index (χ2n) is 5.02. The van der Waals surface area contributed by atoms with E-state index >= 15 is 0 Å². The molecule has 0 amide bonds. The van der Waals surface area contributed by atoms with E-state index in [0.717, 1.165) is 24.3 Å². The number of hydrogen-bond acceptors (Lipinski definition) is 4. The van der Waals surface area contributed by atoms with E-state index < -0.39 is 0 Å². The number of nitrogen functional groups attached to an aromatic ring is 1. The van der Waals surface area contributed by atoms with Crippen molar-refractivity contribution in [2.45, 2.75) is 32.7 Å². The summed E-state index contributed by atoms with van der Waals surface area (Å²) in [6, 6.07) is 9.62. The summed E-state index contributed by atoms with van der Waals surface area (Å²) in [7, 11) is 0. The second-order valence-corrected chi connectivity index (χ2v) is 5.02.